The molecule has 0 spiro atoms. The Kier molecular flexibility index (Phi) is 6.66. The first-order valence-corrected chi connectivity index (χ1v) is 19.3. The first kappa shape index (κ1) is 31.0. The second-order valence-electron chi connectivity index (χ2n) is 14.9. The fourth-order valence-electron chi connectivity index (χ4n) is 9.37. The molecule has 0 amide bonds. The van der Waals surface area contributed by atoms with Crippen molar-refractivity contribution < 1.29 is 0 Å². The summed E-state index contributed by atoms with van der Waals surface area (Å²) in [5.74, 6) is 0. The van der Waals surface area contributed by atoms with Gasteiger partial charge in [-0.05, 0) is 115 Å². The van der Waals surface area contributed by atoms with Gasteiger partial charge < -0.3 is 9.47 Å². The lowest BCUT2D eigenvalue weighted by Gasteiger charge is -2.28. The van der Waals surface area contributed by atoms with Crippen LogP contribution in [0.4, 0.5) is 17.1 Å². The fourth-order valence-corrected chi connectivity index (χ4v) is 9.37. The zero-order valence-electron chi connectivity index (χ0n) is 30.5. The molecule has 0 unspecified atom stereocenters. The molecule has 0 atom stereocenters. The van der Waals surface area contributed by atoms with Gasteiger partial charge in [0.05, 0.1) is 16.7 Å². The monoisotopic (exact) mass is 710 g/mol. The summed E-state index contributed by atoms with van der Waals surface area (Å²) in [6.07, 6.45) is 0. The van der Waals surface area contributed by atoms with Crippen LogP contribution < -0.4 is 4.90 Å². The van der Waals surface area contributed by atoms with Crippen LogP contribution in [0.25, 0.3) is 93.2 Å². The van der Waals surface area contributed by atoms with Crippen molar-refractivity contribution in [3.8, 4) is 39.1 Å². The summed E-state index contributed by atoms with van der Waals surface area (Å²) in [5.41, 5.74) is 14.5. The van der Waals surface area contributed by atoms with Gasteiger partial charge in [-0.3, -0.25) is 0 Å². The molecule has 0 bridgehead atoms. The summed E-state index contributed by atoms with van der Waals surface area (Å²) in [6, 6.07) is 75.9. The van der Waals surface area contributed by atoms with Gasteiger partial charge in [-0.2, -0.15) is 0 Å². The molecule has 0 radical (unpaired) electrons. The van der Waals surface area contributed by atoms with E-state index in [-0.39, 0.29) is 0 Å². The van der Waals surface area contributed by atoms with Crippen LogP contribution in [-0.2, 0) is 0 Å². The molecule has 0 saturated heterocycles. The zero-order valence-corrected chi connectivity index (χ0v) is 30.5. The highest BCUT2D eigenvalue weighted by atomic mass is 15.1. The Labute approximate surface area is 324 Å². The summed E-state index contributed by atoms with van der Waals surface area (Å²) < 4.78 is 2.41. The van der Waals surface area contributed by atoms with Crippen molar-refractivity contribution in [1.82, 2.24) is 4.57 Å². The van der Waals surface area contributed by atoms with Gasteiger partial charge >= 0.3 is 0 Å². The third kappa shape index (κ3) is 4.57. The fraction of sp³-hybridized carbons (Fsp3) is 0. The normalized spacial score (nSPS) is 11.9. The molecule has 56 heavy (non-hydrogen) atoms. The molecule has 0 aliphatic heterocycles. The predicted octanol–water partition coefficient (Wildman–Crippen LogP) is 15.0. The number of hydrogen-bond donors (Lipinski definition) is 0. The predicted molar refractivity (Wildman–Crippen MR) is 238 cm³/mol. The topological polar surface area (TPSA) is 8.17 Å². The number of rotatable bonds is 5. The Morgan fingerprint density at radius 2 is 0.946 bits per heavy atom. The Morgan fingerprint density at radius 1 is 0.321 bits per heavy atom. The maximum absolute atomic E-state index is 2.47. The van der Waals surface area contributed by atoms with Crippen molar-refractivity contribution in [3.63, 3.8) is 0 Å². The number of para-hydroxylation sites is 2. The molecule has 1 heterocycles. The number of hydrogen-bond acceptors (Lipinski definition) is 1. The number of fused-ring (bicyclic) bond motifs is 9. The summed E-state index contributed by atoms with van der Waals surface area (Å²) in [4.78, 5) is 2.47. The van der Waals surface area contributed by atoms with E-state index < -0.39 is 0 Å². The van der Waals surface area contributed by atoms with Crippen LogP contribution in [0.1, 0.15) is 0 Å². The van der Waals surface area contributed by atoms with Crippen molar-refractivity contribution in [1.29, 1.82) is 0 Å². The van der Waals surface area contributed by atoms with Crippen molar-refractivity contribution >= 4 is 71.2 Å². The molecule has 1 aliphatic carbocycles. The Balaban J connectivity index is 1.11. The molecular formula is C54H34N2. The van der Waals surface area contributed by atoms with Crippen LogP contribution in [0.2, 0.25) is 0 Å². The smallest absolute Gasteiger partial charge is 0.0561 e. The lowest BCUT2D eigenvalue weighted by molar-refractivity contribution is 1.18. The molecule has 12 rings (SSSR count). The van der Waals surface area contributed by atoms with E-state index in [1.807, 2.05) is 0 Å². The van der Waals surface area contributed by atoms with E-state index in [0.717, 1.165) is 22.7 Å². The van der Waals surface area contributed by atoms with Crippen LogP contribution in [0.3, 0.4) is 0 Å². The van der Waals surface area contributed by atoms with E-state index in [1.165, 1.54) is 87.5 Å². The van der Waals surface area contributed by atoms with Crippen molar-refractivity contribution in [3.05, 3.63) is 206 Å². The van der Waals surface area contributed by atoms with E-state index in [9.17, 15) is 0 Å². The van der Waals surface area contributed by atoms with Crippen LogP contribution >= 0.6 is 0 Å². The minimum absolute atomic E-state index is 1.11. The van der Waals surface area contributed by atoms with E-state index in [4.69, 9.17) is 0 Å². The molecule has 11 aromatic rings. The lowest BCUT2D eigenvalue weighted by Crippen LogP contribution is -2.11. The van der Waals surface area contributed by atoms with Gasteiger partial charge in [-0.15, -0.1) is 0 Å². The highest BCUT2D eigenvalue weighted by Gasteiger charge is 2.25. The third-order valence-corrected chi connectivity index (χ3v) is 11.9. The maximum Gasteiger partial charge on any atom is 0.0561 e. The van der Waals surface area contributed by atoms with Crippen molar-refractivity contribution in [2.75, 3.05) is 4.90 Å². The highest BCUT2D eigenvalue weighted by Crippen LogP contribution is 2.51. The number of anilines is 3. The number of aromatic nitrogens is 1. The summed E-state index contributed by atoms with van der Waals surface area (Å²) in [7, 11) is 0. The van der Waals surface area contributed by atoms with Crippen LogP contribution in [0.5, 0.6) is 0 Å². The van der Waals surface area contributed by atoms with Gasteiger partial charge in [0.1, 0.15) is 0 Å². The van der Waals surface area contributed by atoms with Gasteiger partial charge in [0.25, 0.3) is 0 Å². The number of benzene rings is 10. The molecule has 0 saturated carbocycles. The second-order valence-corrected chi connectivity index (χ2v) is 14.9. The van der Waals surface area contributed by atoms with Gasteiger partial charge in [0.2, 0.25) is 0 Å². The summed E-state index contributed by atoms with van der Waals surface area (Å²) in [5, 5.41) is 10.1. The van der Waals surface area contributed by atoms with E-state index in [1.54, 1.807) is 0 Å². The third-order valence-electron chi connectivity index (χ3n) is 11.9. The second kappa shape index (κ2) is 12.0. The summed E-state index contributed by atoms with van der Waals surface area (Å²) >= 11 is 0. The molecule has 1 aliphatic rings. The first-order valence-electron chi connectivity index (χ1n) is 19.3. The minimum Gasteiger partial charge on any atom is -0.310 e. The van der Waals surface area contributed by atoms with Crippen LogP contribution in [0.15, 0.2) is 206 Å². The molecule has 0 N–H and O–H groups in total. The first-order chi connectivity index (χ1) is 27.8. The van der Waals surface area contributed by atoms with E-state index in [0.29, 0.717) is 0 Å². The van der Waals surface area contributed by atoms with Crippen LogP contribution in [0, 0.1) is 0 Å². The lowest BCUT2D eigenvalue weighted by atomic mass is 9.96. The van der Waals surface area contributed by atoms with Gasteiger partial charge in [-0.25, -0.2) is 0 Å². The Hall–Kier alpha value is -7.42. The zero-order chi connectivity index (χ0) is 36.7. The van der Waals surface area contributed by atoms with Crippen molar-refractivity contribution in [2.45, 2.75) is 0 Å². The molecule has 1 aromatic heterocycles. The highest BCUT2D eigenvalue weighted by molar-refractivity contribution is 6.19. The average Bonchev–Trinajstić information content (AvgIpc) is 3.78. The van der Waals surface area contributed by atoms with Gasteiger partial charge in [0.15, 0.2) is 0 Å². The number of nitrogens with zero attached hydrogens (tertiary/aromatic N) is 2. The molecule has 10 aromatic carbocycles. The standard InChI is InChI=1S/C54H34N2/c1-2-14-39(15-3-1)56-51-23-9-8-20-45(51)46-29-28-41(34-53(46)56)55(52-31-30-48-44-19-7-6-18-43(44)47-21-11-22-49(52)54(47)48)40-16-10-13-37(32-40)38-27-26-36-25-24-35-12-4-5-17-42(35)50(36)33-38/h1-34H. The Bertz CT molecular complexity index is 3340. The van der Waals surface area contributed by atoms with Gasteiger partial charge in [0, 0.05) is 33.2 Å². The molecular weight excluding hydrogens is 677 g/mol. The molecule has 2 nitrogen and oxygen atoms in total. The Morgan fingerprint density at radius 3 is 1.82 bits per heavy atom. The van der Waals surface area contributed by atoms with E-state index >= 15 is 0 Å². The van der Waals surface area contributed by atoms with Gasteiger partial charge in [-0.1, -0.05) is 152 Å². The molecule has 260 valence electrons. The molecule has 2 heteroatoms. The quantitative estimate of drug-likeness (QED) is 0.161. The maximum atomic E-state index is 2.47. The average molecular weight is 711 g/mol. The minimum atomic E-state index is 1.11. The summed E-state index contributed by atoms with van der Waals surface area (Å²) in [6.45, 7) is 0. The van der Waals surface area contributed by atoms with Crippen LogP contribution in [-0.4, -0.2) is 4.57 Å². The van der Waals surface area contributed by atoms with Crippen molar-refractivity contribution in [2.24, 2.45) is 0 Å². The van der Waals surface area contributed by atoms with E-state index in [2.05, 4.69) is 216 Å². The SMILES string of the molecule is c1ccc(-n2c3ccccc3c3ccc(N(c4cccc(-c5ccc6ccc7ccccc7c6c5)c4)c4ccc5c6c(cccc46)-c4ccccc4-5)cc32)cc1. The molecule has 0 fully saturated rings. The largest absolute Gasteiger partial charge is 0.310 e.